The van der Waals surface area contributed by atoms with E-state index < -0.39 is 0 Å². The third kappa shape index (κ3) is 4.77. The molecule has 0 fully saturated rings. The highest BCUT2D eigenvalue weighted by Gasteiger charge is 2.03. The summed E-state index contributed by atoms with van der Waals surface area (Å²) in [6.07, 6.45) is 1.15. The van der Waals surface area contributed by atoms with E-state index in [0.717, 1.165) is 24.5 Å². The summed E-state index contributed by atoms with van der Waals surface area (Å²) >= 11 is 8.08. The molecular weight excluding hydrogens is 238 g/mol. The molecule has 90 valence electrons. The standard InChI is InChI=1S/C13H20ClNS/c1-4-7-15-9-11-5-6-12(8-13(11)14)16-10(2)3/h5-6,8,10,15H,4,7,9H2,1-3H3. The van der Waals surface area contributed by atoms with Gasteiger partial charge in [0.05, 0.1) is 0 Å². The van der Waals surface area contributed by atoms with E-state index in [-0.39, 0.29) is 0 Å². The minimum Gasteiger partial charge on any atom is -0.313 e. The van der Waals surface area contributed by atoms with Crippen LogP contribution in [-0.4, -0.2) is 11.8 Å². The van der Waals surface area contributed by atoms with Crippen LogP contribution >= 0.6 is 23.4 Å². The largest absolute Gasteiger partial charge is 0.313 e. The van der Waals surface area contributed by atoms with Gasteiger partial charge in [0.25, 0.3) is 0 Å². The number of hydrogen-bond acceptors (Lipinski definition) is 2. The summed E-state index contributed by atoms with van der Waals surface area (Å²) in [7, 11) is 0. The molecule has 0 saturated carbocycles. The second-order valence-corrected chi connectivity index (χ2v) is 6.15. The molecule has 0 heterocycles. The Kier molecular flexibility index (Phi) is 6.25. The van der Waals surface area contributed by atoms with E-state index in [1.165, 1.54) is 10.5 Å². The van der Waals surface area contributed by atoms with Crippen LogP contribution < -0.4 is 5.32 Å². The van der Waals surface area contributed by atoms with Gasteiger partial charge in [0.1, 0.15) is 0 Å². The van der Waals surface area contributed by atoms with Crippen molar-refractivity contribution in [3.63, 3.8) is 0 Å². The van der Waals surface area contributed by atoms with E-state index >= 15 is 0 Å². The SMILES string of the molecule is CCCNCc1ccc(SC(C)C)cc1Cl. The quantitative estimate of drug-likeness (QED) is 0.601. The molecule has 0 aliphatic carbocycles. The van der Waals surface area contributed by atoms with Crippen LogP contribution in [0, 0.1) is 0 Å². The van der Waals surface area contributed by atoms with Crippen molar-refractivity contribution in [1.82, 2.24) is 5.32 Å². The topological polar surface area (TPSA) is 12.0 Å². The summed E-state index contributed by atoms with van der Waals surface area (Å²) in [4.78, 5) is 1.25. The lowest BCUT2D eigenvalue weighted by Crippen LogP contribution is -2.13. The Bertz CT molecular complexity index is 326. The lowest BCUT2D eigenvalue weighted by Gasteiger charge is -2.09. The summed E-state index contributed by atoms with van der Waals surface area (Å²) in [5.74, 6) is 0. The predicted octanol–water partition coefficient (Wildman–Crippen LogP) is 4.34. The van der Waals surface area contributed by atoms with Gasteiger partial charge in [-0.15, -0.1) is 11.8 Å². The van der Waals surface area contributed by atoms with Gasteiger partial charge in [-0.25, -0.2) is 0 Å². The lowest BCUT2D eigenvalue weighted by atomic mass is 10.2. The molecule has 1 nitrogen and oxygen atoms in total. The Morgan fingerprint density at radius 2 is 2.12 bits per heavy atom. The van der Waals surface area contributed by atoms with Crippen molar-refractivity contribution in [3.05, 3.63) is 28.8 Å². The number of hydrogen-bond donors (Lipinski definition) is 1. The molecule has 0 aliphatic heterocycles. The van der Waals surface area contributed by atoms with Crippen LogP contribution in [0.2, 0.25) is 5.02 Å². The fraction of sp³-hybridized carbons (Fsp3) is 0.538. The van der Waals surface area contributed by atoms with Crippen LogP contribution in [0.3, 0.4) is 0 Å². The van der Waals surface area contributed by atoms with Gasteiger partial charge in [0, 0.05) is 21.7 Å². The van der Waals surface area contributed by atoms with E-state index in [1.807, 2.05) is 11.8 Å². The maximum absolute atomic E-state index is 6.24. The first-order valence-electron chi connectivity index (χ1n) is 5.79. The highest BCUT2D eigenvalue weighted by Crippen LogP contribution is 2.27. The fourth-order valence-electron chi connectivity index (χ4n) is 1.42. The molecule has 1 aromatic rings. The van der Waals surface area contributed by atoms with Crippen LogP contribution in [-0.2, 0) is 6.54 Å². The number of rotatable bonds is 6. The van der Waals surface area contributed by atoms with Crippen LogP contribution in [0.1, 0.15) is 32.8 Å². The average Bonchev–Trinajstić information content (AvgIpc) is 2.20. The maximum Gasteiger partial charge on any atom is 0.0462 e. The smallest absolute Gasteiger partial charge is 0.0462 e. The third-order valence-corrected chi connectivity index (χ3v) is 3.49. The number of benzene rings is 1. The molecule has 1 N–H and O–H groups in total. The summed E-state index contributed by atoms with van der Waals surface area (Å²) in [5, 5.41) is 4.83. The normalized spacial score (nSPS) is 11.1. The zero-order chi connectivity index (χ0) is 12.0. The fourth-order valence-corrected chi connectivity index (χ4v) is 2.61. The highest BCUT2D eigenvalue weighted by atomic mass is 35.5. The first-order chi connectivity index (χ1) is 7.63. The zero-order valence-corrected chi connectivity index (χ0v) is 11.8. The van der Waals surface area contributed by atoms with Gasteiger partial charge in [0.15, 0.2) is 0 Å². The Hall–Kier alpha value is -0.180. The van der Waals surface area contributed by atoms with Crippen LogP contribution in [0.5, 0.6) is 0 Å². The molecule has 0 spiro atoms. The molecule has 1 aromatic carbocycles. The van der Waals surface area contributed by atoms with E-state index in [0.29, 0.717) is 5.25 Å². The number of halogens is 1. The predicted molar refractivity (Wildman–Crippen MR) is 74.4 cm³/mol. The molecule has 0 aromatic heterocycles. The van der Waals surface area contributed by atoms with Gasteiger partial charge in [-0.3, -0.25) is 0 Å². The van der Waals surface area contributed by atoms with Crippen LogP contribution in [0.4, 0.5) is 0 Å². The Labute approximate surface area is 108 Å². The summed E-state index contributed by atoms with van der Waals surface area (Å²) in [6.45, 7) is 8.44. The Morgan fingerprint density at radius 1 is 1.38 bits per heavy atom. The van der Waals surface area contributed by atoms with Gasteiger partial charge >= 0.3 is 0 Å². The molecule has 0 bridgehead atoms. The van der Waals surface area contributed by atoms with Gasteiger partial charge in [-0.2, -0.15) is 0 Å². The van der Waals surface area contributed by atoms with E-state index in [2.05, 4.69) is 44.3 Å². The third-order valence-electron chi connectivity index (χ3n) is 2.14. The second kappa shape index (κ2) is 7.21. The lowest BCUT2D eigenvalue weighted by molar-refractivity contribution is 0.675. The van der Waals surface area contributed by atoms with Crippen molar-refractivity contribution >= 4 is 23.4 Å². The molecule has 0 saturated heterocycles. The molecule has 0 radical (unpaired) electrons. The monoisotopic (exact) mass is 257 g/mol. The summed E-state index contributed by atoms with van der Waals surface area (Å²) in [6, 6.07) is 6.34. The molecule has 0 unspecified atom stereocenters. The van der Waals surface area contributed by atoms with Crippen LogP contribution in [0.25, 0.3) is 0 Å². The highest BCUT2D eigenvalue weighted by molar-refractivity contribution is 7.99. The molecule has 3 heteroatoms. The van der Waals surface area contributed by atoms with Gasteiger partial charge in [-0.1, -0.05) is 38.4 Å². The molecule has 0 amide bonds. The van der Waals surface area contributed by atoms with Gasteiger partial charge < -0.3 is 5.32 Å². The molecular formula is C13H20ClNS. The van der Waals surface area contributed by atoms with Crippen molar-refractivity contribution in [2.75, 3.05) is 6.54 Å². The zero-order valence-electron chi connectivity index (χ0n) is 10.2. The van der Waals surface area contributed by atoms with E-state index in [4.69, 9.17) is 11.6 Å². The van der Waals surface area contributed by atoms with Crippen LogP contribution in [0.15, 0.2) is 23.1 Å². The minimum atomic E-state index is 0.597. The first kappa shape index (κ1) is 13.9. The van der Waals surface area contributed by atoms with E-state index in [1.54, 1.807) is 0 Å². The Balaban J connectivity index is 2.60. The average molecular weight is 258 g/mol. The van der Waals surface area contributed by atoms with Crippen molar-refractivity contribution < 1.29 is 0 Å². The summed E-state index contributed by atoms with van der Waals surface area (Å²) in [5.41, 5.74) is 1.18. The first-order valence-corrected chi connectivity index (χ1v) is 7.05. The minimum absolute atomic E-state index is 0.597. The maximum atomic E-state index is 6.24. The van der Waals surface area contributed by atoms with E-state index in [9.17, 15) is 0 Å². The van der Waals surface area contributed by atoms with Crippen molar-refractivity contribution in [2.45, 2.75) is 43.9 Å². The van der Waals surface area contributed by atoms with Gasteiger partial charge in [-0.05, 0) is 30.7 Å². The summed E-state index contributed by atoms with van der Waals surface area (Å²) < 4.78 is 0. The molecule has 0 aliphatic rings. The number of thioether (sulfide) groups is 1. The molecule has 0 atom stereocenters. The van der Waals surface area contributed by atoms with Crippen molar-refractivity contribution in [3.8, 4) is 0 Å². The Morgan fingerprint density at radius 3 is 2.69 bits per heavy atom. The second-order valence-electron chi connectivity index (χ2n) is 4.10. The molecule has 16 heavy (non-hydrogen) atoms. The van der Waals surface area contributed by atoms with Crippen molar-refractivity contribution in [2.24, 2.45) is 0 Å². The van der Waals surface area contributed by atoms with Crippen molar-refractivity contribution in [1.29, 1.82) is 0 Å². The molecule has 1 rings (SSSR count). The number of nitrogens with one attached hydrogen (secondary N) is 1. The van der Waals surface area contributed by atoms with Gasteiger partial charge in [0.2, 0.25) is 0 Å².